The molecule has 0 saturated carbocycles. The predicted octanol–water partition coefficient (Wildman–Crippen LogP) is -0.119. The largest absolute Gasteiger partial charge is 0.480 e. The molecule has 1 aliphatic rings. The Bertz CT molecular complexity index is 329. The molecule has 3 N–H and O–H groups in total. The van der Waals surface area contributed by atoms with E-state index in [1.807, 2.05) is 6.92 Å². The number of aliphatic carboxylic acids is 1. The Morgan fingerprint density at radius 3 is 2.65 bits per heavy atom. The number of hydrogen-bond acceptors (Lipinski definition) is 3. The minimum absolute atomic E-state index is 0.145. The highest BCUT2D eigenvalue weighted by Gasteiger charge is 2.32. The van der Waals surface area contributed by atoms with E-state index in [1.54, 1.807) is 6.92 Å². The summed E-state index contributed by atoms with van der Waals surface area (Å²) in [6.07, 6.45) is 1.41. The maximum atomic E-state index is 11.7. The van der Waals surface area contributed by atoms with Crippen LogP contribution in [0.4, 0.5) is 0 Å². The van der Waals surface area contributed by atoms with E-state index in [4.69, 9.17) is 5.11 Å². The van der Waals surface area contributed by atoms with Crippen molar-refractivity contribution in [2.24, 2.45) is 5.92 Å². The van der Waals surface area contributed by atoms with Crippen LogP contribution in [0.5, 0.6) is 0 Å². The molecule has 3 unspecified atom stereocenters. The van der Waals surface area contributed by atoms with Gasteiger partial charge in [0.1, 0.15) is 12.1 Å². The van der Waals surface area contributed by atoms with E-state index >= 15 is 0 Å². The third kappa shape index (κ3) is 3.44. The van der Waals surface area contributed by atoms with E-state index in [9.17, 15) is 14.4 Å². The van der Waals surface area contributed by atoms with Gasteiger partial charge in [-0.3, -0.25) is 9.59 Å². The molecule has 0 aromatic heterocycles. The summed E-state index contributed by atoms with van der Waals surface area (Å²) < 4.78 is 0. The SMILES string of the molecule is CCC(C)C(NC(=O)C1CCC(=O)N1)C(=O)O. The maximum absolute atomic E-state index is 11.7. The van der Waals surface area contributed by atoms with Gasteiger partial charge < -0.3 is 15.7 Å². The normalized spacial score (nSPS) is 22.7. The van der Waals surface area contributed by atoms with Gasteiger partial charge in [0, 0.05) is 6.42 Å². The molecule has 6 heteroatoms. The highest BCUT2D eigenvalue weighted by atomic mass is 16.4. The minimum atomic E-state index is -1.04. The van der Waals surface area contributed by atoms with E-state index in [-0.39, 0.29) is 11.8 Å². The number of amides is 2. The van der Waals surface area contributed by atoms with Crippen LogP contribution in [-0.4, -0.2) is 35.0 Å². The van der Waals surface area contributed by atoms with Crippen molar-refractivity contribution < 1.29 is 19.5 Å². The molecular weight excluding hydrogens is 224 g/mol. The molecule has 1 rings (SSSR count). The van der Waals surface area contributed by atoms with Crippen LogP contribution in [0.3, 0.4) is 0 Å². The second-order valence-corrected chi connectivity index (χ2v) is 4.37. The Morgan fingerprint density at radius 1 is 1.59 bits per heavy atom. The minimum Gasteiger partial charge on any atom is -0.480 e. The smallest absolute Gasteiger partial charge is 0.326 e. The summed E-state index contributed by atoms with van der Waals surface area (Å²) in [6, 6.07) is -1.49. The van der Waals surface area contributed by atoms with Gasteiger partial charge in [-0.15, -0.1) is 0 Å². The molecule has 0 aliphatic carbocycles. The fraction of sp³-hybridized carbons (Fsp3) is 0.727. The Balaban J connectivity index is 2.58. The van der Waals surface area contributed by atoms with Crippen molar-refractivity contribution in [1.82, 2.24) is 10.6 Å². The summed E-state index contributed by atoms with van der Waals surface area (Å²) in [5.74, 6) is -1.77. The van der Waals surface area contributed by atoms with Crippen LogP contribution in [0, 0.1) is 5.92 Å². The van der Waals surface area contributed by atoms with Crippen molar-refractivity contribution in [3.8, 4) is 0 Å². The van der Waals surface area contributed by atoms with Crippen molar-refractivity contribution in [1.29, 1.82) is 0 Å². The van der Waals surface area contributed by atoms with Gasteiger partial charge in [0.25, 0.3) is 0 Å². The van der Waals surface area contributed by atoms with Gasteiger partial charge in [-0.25, -0.2) is 4.79 Å². The van der Waals surface area contributed by atoms with Crippen molar-refractivity contribution in [2.45, 2.75) is 45.2 Å². The lowest BCUT2D eigenvalue weighted by molar-refractivity contribution is -0.143. The molecular formula is C11H18N2O4. The zero-order valence-corrected chi connectivity index (χ0v) is 10.0. The standard InChI is InChI=1S/C11H18N2O4/c1-3-6(2)9(11(16)17)13-10(15)7-4-5-8(14)12-7/h6-7,9H,3-5H2,1-2H3,(H,12,14)(H,13,15)(H,16,17). The summed E-state index contributed by atoms with van der Waals surface area (Å²) in [6.45, 7) is 3.64. The van der Waals surface area contributed by atoms with Gasteiger partial charge in [0.15, 0.2) is 0 Å². The summed E-state index contributed by atoms with van der Waals surface area (Å²) >= 11 is 0. The molecule has 2 amide bonds. The van der Waals surface area contributed by atoms with Crippen LogP contribution in [0.25, 0.3) is 0 Å². The van der Waals surface area contributed by atoms with Crippen molar-refractivity contribution in [3.63, 3.8) is 0 Å². The van der Waals surface area contributed by atoms with Crippen LogP contribution >= 0.6 is 0 Å². The molecule has 6 nitrogen and oxygen atoms in total. The molecule has 1 heterocycles. The van der Waals surface area contributed by atoms with E-state index in [0.29, 0.717) is 19.3 Å². The van der Waals surface area contributed by atoms with Crippen molar-refractivity contribution in [3.05, 3.63) is 0 Å². The van der Waals surface area contributed by atoms with Gasteiger partial charge in [0.2, 0.25) is 11.8 Å². The molecule has 17 heavy (non-hydrogen) atoms. The molecule has 96 valence electrons. The fourth-order valence-electron chi connectivity index (χ4n) is 1.75. The summed E-state index contributed by atoms with van der Waals surface area (Å²) in [5.41, 5.74) is 0. The topological polar surface area (TPSA) is 95.5 Å². The number of rotatable bonds is 5. The summed E-state index contributed by atoms with van der Waals surface area (Å²) in [5, 5.41) is 14.0. The average molecular weight is 242 g/mol. The molecule has 0 bridgehead atoms. The van der Waals surface area contributed by atoms with Gasteiger partial charge in [-0.05, 0) is 12.3 Å². The first kappa shape index (κ1) is 13.5. The number of carbonyl (C=O) groups excluding carboxylic acids is 2. The first-order valence-corrected chi connectivity index (χ1v) is 5.78. The molecule has 1 saturated heterocycles. The third-order valence-corrected chi connectivity index (χ3v) is 3.09. The second kappa shape index (κ2) is 5.65. The van der Waals surface area contributed by atoms with Gasteiger partial charge in [-0.2, -0.15) is 0 Å². The average Bonchev–Trinajstić information content (AvgIpc) is 2.71. The van der Waals surface area contributed by atoms with Crippen LogP contribution in [0.15, 0.2) is 0 Å². The molecule has 0 aromatic rings. The Morgan fingerprint density at radius 2 is 2.24 bits per heavy atom. The molecule has 0 radical (unpaired) electrons. The second-order valence-electron chi connectivity index (χ2n) is 4.37. The van der Waals surface area contributed by atoms with E-state index in [0.717, 1.165) is 0 Å². The van der Waals surface area contributed by atoms with E-state index in [1.165, 1.54) is 0 Å². The number of hydrogen-bond donors (Lipinski definition) is 3. The summed E-state index contributed by atoms with van der Waals surface area (Å²) in [7, 11) is 0. The number of carbonyl (C=O) groups is 3. The zero-order chi connectivity index (χ0) is 13.0. The maximum Gasteiger partial charge on any atom is 0.326 e. The quantitative estimate of drug-likeness (QED) is 0.626. The molecule has 1 aliphatic heterocycles. The van der Waals surface area contributed by atoms with Crippen molar-refractivity contribution in [2.75, 3.05) is 0 Å². The number of nitrogens with one attached hydrogen (secondary N) is 2. The molecule has 3 atom stereocenters. The molecule has 1 fully saturated rings. The van der Waals surface area contributed by atoms with E-state index < -0.39 is 24.0 Å². The zero-order valence-electron chi connectivity index (χ0n) is 10.0. The Labute approximate surface area is 99.8 Å². The van der Waals surface area contributed by atoms with Crippen LogP contribution in [0.2, 0.25) is 0 Å². The Kier molecular flexibility index (Phi) is 4.48. The summed E-state index contributed by atoms with van der Waals surface area (Å²) in [4.78, 5) is 33.7. The van der Waals surface area contributed by atoms with Gasteiger partial charge >= 0.3 is 5.97 Å². The lowest BCUT2D eigenvalue weighted by Crippen LogP contribution is -2.51. The molecule has 0 aromatic carbocycles. The van der Waals surface area contributed by atoms with Gasteiger partial charge in [-0.1, -0.05) is 20.3 Å². The Hall–Kier alpha value is -1.59. The third-order valence-electron chi connectivity index (χ3n) is 3.09. The number of carboxylic acid groups (broad SMARTS) is 1. The fourth-order valence-corrected chi connectivity index (χ4v) is 1.75. The first-order chi connectivity index (χ1) is 7.95. The number of carboxylic acids is 1. The molecule has 0 spiro atoms. The monoisotopic (exact) mass is 242 g/mol. The first-order valence-electron chi connectivity index (χ1n) is 5.78. The highest BCUT2D eigenvalue weighted by Crippen LogP contribution is 2.11. The van der Waals surface area contributed by atoms with Crippen LogP contribution in [0.1, 0.15) is 33.1 Å². The lowest BCUT2D eigenvalue weighted by atomic mass is 9.99. The van der Waals surface area contributed by atoms with E-state index in [2.05, 4.69) is 10.6 Å². The van der Waals surface area contributed by atoms with Crippen LogP contribution < -0.4 is 10.6 Å². The lowest BCUT2D eigenvalue weighted by Gasteiger charge is -2.21. The highest BCUT2D eigenvalue weighted by molar-refractivity contribution is 5.92. The van der Waals surface area contributed by atoms with Crippen LogP contribution in [-0.2, 0) is 14.4 Å². The predicted molar refractivity (Wildman–Crippen MR) is 60.2 cm³/mol. The van der Waals surface area contributed by atoms with Crippen molar-refractivity contribution >= 4 is 17.8 Å². The van der Waals surface area contributed by atoms with Gasteiger partial charge in [0.05, 0.1) is 0 Å².